The summed E-state index contributed by atoms with van der Waals surface area (Å²) in [6.45, 7) is 0.904. The van der Waals surface area contributed by atoms with Crippen LogP contribution in [-0.4, -0.2) is 55.9 Å². The van der Waals surface area contributed by atoms with Crippen LogP contribution in [0.3, 0.4) is 0 Å². The Kier molecular flexibility index (Phi) is 4.48. The molecule has 2 aliphatic carbocycles. The number of alkyl halides is 2. The van der Waals surface area contributed by atoms with Crippen LogP contribution in [0.15, 0.2) is 24.3 Å². The van der Waals surface area contributed by atoms with Crippen LogP contribution >= 0.6 is 23.2 Å². The number of nitrogens with one attached hydrogen (secondary N) is 1. The molecule has 3 aliphatic rings. The predicted octanol–water partition coefficient (Wildman–Crippen LogP) is 1.29. The van der Waals surface area contributed by atoms with Crippen LogP contribution in [-0.2, 0) is 16.1 Å². The molecule has 1 aromatic carbocycles. The van der Waals surface area contributed by atoms with Gasteiger partial charge in [0.1, 0.15) is 16.9 Å². The van der Waals surface area contributed by atoms with Crippen molar-refractivity contribution in [1.82, 2.24) is 20.0 Å². The number of carbonyl (C=O) groups is 3. The van der Waals surface area contributed by atoms with Crippen molar-refractivity contribution in [1.29, 1.82) is 0 Å². The van der Waals surface area contributed by atoms with E-state index in [1.807, 2.05) is 6.07 Å². The molecule has 0 bridgehead atoms. The molecule has 10 heteroatoms. The lowest BCUT2D eigenvalue weighted by Gasteiger charge is -2.27. The molecule has 1 saturated heterocycles. The number of carbonyl (C=O) groups excluding carboxylic acids is 3. The van der Waals surface area contributed by atoms with Crippen molar-refractivity contribution in [2.45, 2.75) is 29.8 Å². The van der Waals surface area contributed by atoms with Gasteiger partial charge in [-0.1, -0.05) is 18.2 Å². The van der Waals surface area contributed by atoms with Gasteiger partial charge in [0.05, 0.1) is 5.52 Å². The number of piperidine rings is 1. The molecule has 8 nitrogen and oxygen atoms in total. The second-order valence-electron chi connectivity index (χ2n) is 8.45. The topological polar surface area (TPSA) is 110 Å². The molecule has 158 valence electrons. The monoisotopic (exact) mass is 449 g/mol. The number of hydrogen-bond acceptors (Lipinski definition) is 4. The molecule has 2 heterocycles. The molecule has 0 unspecified atom stereocenters. The third kappa shape index (κ3) is 3.32. The SMILES string of the molecule is NC(=O)c1nn(CC(=O)N2C[C@H]3C[C@H]3[C@H]2C(=O)NC[C@@H]2CC2(Cl)Cl)c2ccccc12. The quantitative estimate of drug-likeness (QED) is 0.647. The summed E-state index contributed by atoms with van der Waals surface area (Å²) in [5, 5.41) is 7.76. The van der Waals surface area contributed by atoms with Crippen LogP contribution in [0.4, 0.5) is 0 Å². The van der Waals surface area contributed by atoms with E-state index in [0.29, 0.717) is 36.3 Å². The maximum absolute atomic E-state index is 13.1. The number of rotatable bonds is 6. The molecule has 3 N–H and O–H groups in total. The summed E-state index contributed by atoms with van der Waals surface area (Å²) in [5.74, 6) is -0.406. The highest BCUT2D eigenvalue weighted by molar-refractivity contribution is 6.50. The van der Waals surface area contributed by atoms with E-state index in [1.165, 1.54) is 4.68 Å². The maximum atomic E-state index is 13.1. The van der Waals surface area contributed by atoms with Gasteiger partial charge in [-0.2, -0.15) is 5.10 Å². The van der Waals surface area contributed by atoms with Crippen molar-refractivity contribution in [3.8, 4) is 0 Å². The lowest BCUT2D eigenvalue weighted by atomic mass is 10.1. The number of para-hydroxylation sites is 1. The minimum Gasteiger partial charge on any atom is -0.364 e. The summed E-state index contributed by atoms with van der Waals surface area (Å²) in [5.41, 5.74) is 6.22. The zero-order valence-electron chi connectivity index (χ0n) is 16.1. The number of hydrogen-bond donors (Lipinski definition) is 2. The fraction of sp³-hybridized carbons (Fsp3) is 0.500. The van der Waals surface area contributed by atoms with E-state index in [1.54, 1.807) is 23.1 Å². The van der Waals surface area contributed by atoms with Crippen LogP contribution < -0.4 is 11.1 Å². The number of amides is 3. The third-order valence-corrected chi connectivity index (χ3v) is 7.32. The van der Waals surface area contributed by atoms with Crippen molar-refractivity contribution < 1.29 is 14.4 Å². The summed E-state index contributed by atoms with van der Waals surface area (Å²) in [7, 11) is 0. The van der Waals surface area contributed by atoms with Crippen molar-refractivity contribution in [3.05, 3.63) is 30.0 Å². The highest BCUT2D eigenvalue weighted by Gasteiger charge is 2.57. The van der Waals surface area contributed by atoms with Crippen LogP contribution in [0.5, 0.6) is 0 Å². The predicted molar refractivity (Wildman–Crippen MR) is 111 cm³/mol. The Balaban J connectivity index is 1.32. The first-order valence-electron chi connectivity index (χ1n) is 9.96. The number of halogens is 2. The van der Waals surface area contributed by atoms with Crippen LogP contribution in [0.2, 0.25) is 0 Å². The van der Waals surface area contributed by atoms with E-state index < -0.39 is 16.3 Å². The third-order valence-electron chi connectivity index (χ3n) is 6.39. The molecule has 4 atom stereocenters. The van der Waals surface area contributed by atoms with Gasteiger partial charge in [-0.05, 0) is 30.7 Å². The Hall–Kier alpha value is -2.32. The van der Waals surface area contributed by atoms with Crippen molar-refractivity contribution >= 4 is 51.8 Å². The van der Waals surface area contributed by atoms with Crippen LogP contribution in [0, 0.1) is 17.8 Å². The van der Waals surface area contributed by atoms with Gasteiger partial charge in [0.15, 0.2) is 5.69 Å². The molecule has 0 spiro atoms. The van der Waals surface area contributed by atoms with Gasteiger partial charge in [0, 0.05) is 24.4 Å². The molecule has 2 aromatic rings. The lowest BCUT2D eigenvalue weighted by Crippen LogP contribution is -2.49. The molecular weight excluding hydrogens is 429 g/mol. The zero-order chi connectivity index (χ0) is 21.2. The first-order chi connectivity index (χ1) is 14.3. The van der Waals surface area contributed by atoms with E-state index in [-0.39, 0.29) is 35.9 Å². The van der Waals surface area contributed by atoms with Gasteiger partial charge in [-0.3, -0.25) is 19.1 Å². The summed E-state index contributed by atoms with van der Waals surface area (Å²) < 4.78 is 0.732. The van der Waals surface area contributed by atoms with Crippen molar-refractivity contribution in [2.75, 3.05) is 13.1 Å². The normalized spacial score (nSPS) is 28.3. The molecule has 1 aliphatic heterocycles. The zero-order valence-corrected chi connectivity index (χ0v) is 17.6. The van der Waals surface area contributed by atoms with E-state index in [0.717, 1.165) is 6.42 Å². The van der Waals surface area contributed by atoms with Crippen molar-refractivity contribution in [2.24, 2.45) is 23.5 Å². The molecule has 5 rings (SSSR count). The van der Waals surface area contributed by atoms with Gasteiger partial charge in [0.2, 0.25) is 11.8 Å². The molecule has 2 saturated carbocycles. The van der Waals surface area contributed by atoms with Gasteiger partial charge >= 0.3 is 0 Å². The molecule has 0 radical (unpaired) electrons. The Morgan fingerprint density at radius 1 is 1.27 bits per heavy atom. The molecule has 3 fully saturated rings. The molecule has 1 aromatic heterocycles. The second kappa shape index (κ2) is 6.85. The van der Waals surface area contributed by atoms with Crippen LogP contribution in [0.1, 0.15) is 23.3 Å². The van der Waals surface area contributed by atoms with Gasteiger partial charge in [-0.25, -0.2) is 0 Å². The number of aromatic nitrogens is 2. The van der Waals surface area contributed by atoms with Gasteiger partial charge in [-0.15, -0.1) is 23.2 Å². The van der Waals surface area contributed by atoms with Crippen molar-refractivity contribution in [3.63, 3.8) is 0 Å². The largest absolute Gasteiger partial charge is 0.364 e. The average Bonchev–Trinajstić information content (AvgIpc) is 3.49. The van der Waals surface area contributed by atoms with E-state index in [2.05, 4.69) is 10.4 Å². The molecule has 3 amide bonds. The molecule has 30 heavy (non-hydrogen) atoms. The Bertz CT molecular complexity index is 1070. The minimum atomic E-state index is -0.750. The Labute approximate surface area is 182 Å². The van der Waals surface area contributed by atoms with Crippen LogP contribution in [0.25, 0.3) is 10.9 Å². The lowest BCUT2D eigenvalue weighted by molar-refractivity contribution is -0.140. The number of nitrogens with two attached hydrogens (primary N) is 1. The highest BCUT2D eigenvalue weighted by atomic mass is 35.5. The van der Waals surface area contributed by atoms with E-state index in [4.69, 9.17) is 28.9 Å². The summed E-state index contributed by atoms with van der Waals surface area (Å²) in [4.78, 5) is 39.3. The van der Waals surface area contributed by atoms with E-state index in [9.17, 15) is 14.4 Å². The fourth-order valence-electron chi connectivity index (χ4n) is 4.53. The average molecular weight is 450 g/mol. The number of likely N-dealkylation sites (tertiary alicyclic amines) is 1. The number of fused-ring (bicyclic) bond motifs is 2. The first-order valence-corrected chi connectivity index (χ1v) is 10.7. The summed E-state index contributed by atoms with van der Waals surface area (Å²) in [6, 6.07) is 6.64. The first kappa shape index (κ1) is 19.6. The smallest absolute Gasteiger partial charge is 0.269 e. The second-order valence-corrected chi connectivity index (χ2v) is 9.99. The summed E-state index contributed by atoms with van der Waals surface area (Å²) >= 11 is 12.1. The standard InChI is InChI=1S/C20H21Cl2N5O3/c21-20(22)6-11(20)7-24-19(30)17-13-5-10(13)8-26(17)15(28)9-27-14-4-2-1-3-12(14)16(25-27)18(23)29/h1-4,10-11,13,17H,5-9H2,(H2,23,29)(H,24,30)/t10-,11+,13-,17+/m1/s1. The number of benzene rings is 1. The Morgan fingerprint density at radius 3 is 2.70 bits per heavy atom. The fourth-order valence-corrected chi connectivity index (χ4v) is 5.05. The summed E-state index contributed by atoms with van der Waals surface area (Å²) in [6.07, 6.45) is 1.61. The van der Waals surface area contributed by atoms with Gasteiger partial charge < -0.3 is 16.0 Å². The maximum Gasteiger partial charge on any atom is 0.269 e. The minimum absolute atomic E-state index is 0.0491. The molecular formula is C20H21Cl2N5O3. The number of nitrogens with zero attached hydrogens (tertiary/aromatic N) is 3. The Morgan fingerprint density at radius 2 is 2.00 bits per heavy atom. The van der Waals surface area contributed by atoms with E-state index >= 15 is 0 Å². The van der Waals surface area contributed by atoms with Gasteiger partial charge in [0.25, 0.3) is 5.91 Å². The number of primary amides is 1. The highest BCUT2D eigenvalue weighted by Crippen LogP contribution is 2.53.